The van der Waals surface area contributed by atoms with Crippen LogP contribution in [-0.4, -0.2) is 43.7 Å². The number of nitrogens with zero attached hydrogens (tertiary/aromatic N) is 1. The SMILES string of the molecule is C.CCCc1[nH]c(=O)c(Cc2cc3cc(OC)ccc3nc2CCCNC(C)=O)c2cc(OC)c(OC)cc12. The first-order valence-corrected chi connectivity index (χ1v) is 12.9. The summed E-state index contributed by atoms with van der Waals surface area (Å²) in [6, 6.07) is 11.7. The van der Waals surface area contributed by atoms with E-state index in [1.165, 1.54) is 6.92 Å². The van der Waals surface area contributed by atoms with E-state index < -0.39 is 0 Å². The van der Waals surface area contributed by atoms with E-state index in [4.69, 9.17) is 19.2 Å². The van der Waals surface area contributed by atoms with Crippen molar-refractivity contribution in [1.82, 2.24) is 15.3 Å². The molecule has 0 aliphatic rings. The lowest BCUT2D eigenvalue weighted by molar-refractivity contribution is -0.118. The Morgan fingerprint density at radius 1 is 0.974 bits per heavy atom. The Morgan fingerprint density at radius 3 is 2.33 bits per heavy atom. The lowest BCUT2D eigenvalue weighted by atomic mass is 9.94. The average Bonchev–Trinajstić information content (AvgIpc) is 2.92. The molecule has 0 unspecified atom stereocenters. The zero-order valence-electron chi connectivity index (χ0n) is 22.7. The molecular formula is C31H39N3O5. The summed E-state index contributed by atoms with van der Waals surface area (Å²) in [5.74, 6) is 1.88. The molecule has 0 spiro atoms. The topological polar surface area (TPSA) is 103 Å². The van der Waals surface area contributed by atoms with Gasteiger partial charge >= 0.3 is 0 Å². The standard InChI is InChI=1S/C30H35N3O5.CH4/c1-6-8-27-23-17-29(38-5)28(37-4)16-22(23)24(30(35)33-27)15-20-13-19-14-21(36-3)10-11-26(19)32-25(20)9-7-12-31-18(2)34;/h10-11,13-14,16-17H,6-9,12,15H2,1-5H3,(H,31,34)(H,33,35);1H4. The van der Waals surface area contributed by atoms with Gasteiger partial charge in [-0.1, -0.05) is 20.8 Å². The maximum atomic E-state index is 13.5. The number of aromatic nitrogens is 2. The fourth-order valence-corrected chi connectivity index (χ4v) is 4.85. The van der Waals surface area contributed by atoms with Crippen molar-refractivity contribution in [2.45, 2.75) is 53.4 Å². The van der Waals surface area contributed by atoms with Gasteiger partial charge in [0, 0.05) is 47.6 Å². The molecule has 0 radical (unpaired) electrons. The highest BCUT2D eigenvalue weighted by Crippen LogP contribution is 2.35. The molecule has 2 aromatic carbocycles. The summed E-state index contributed by atoms with van der Waals surface area (Å²) in [5.41, 5.74) is 4.12. The number of ether oxygens (including phenoxy) is 3. The van der Waals surface area contributed by atoms with Crippen molar-refractivity contribution in [2.75, 3.05) is 27.9 Å². The largest absolute Gasteiger partial charge is 0.497 e. The fourth-order valence-electron chi connectivity index (χ4n) is 4.85. The molecule has 39 heavy (non-hydrogen) atoms. The van der Waals surface area contributed by atoms with E-state index in [1.807, 2.05) is 30.3 Å². The summed E-state index contributed by atoms with van der Waals surface area (Å²) in [6.45, 7) is 4.15. The van der Waals surface area contributed by atoms with Crippen LogP contribution in [0.1, 0.15) is 56.6 Å². The van der Waals surface area contributed by atoms with Gasteiger partial charge in [-0.3, -0.25) is 14.6 Å². The number of amides is 1. The fraction of sp³-hybridized carbons (Fsp3) is 0.387. The minimum Gasteiger partial charge on any atom is -0.497 e. The summed E-state index contributed by atoms with van der Waals surface area (Å²) in [4.78, 5) is 32.9. The number of rotatable bonds is 11. The van der Waals surface area contributed by atoms with Crippen LogP contribution in [0, 0.1) is 0 Å². The van der Waals surface area contributed by atoms with Crippen LogP contribution in [0.3, 0.4) is 0 Å². The average molecular weight is 534 g/mol. The maximum Gasteiger partial charge on any atom is 0.252 e. The Bertz CT molecular complexity index is 1530. The van der Waals surface area contributed by atoms with Crippen LogP contribution in [0.2, 0.25) is 0 Å². The Balaban J connectivity index is 0.00000420. The van der Waals surface area contributed by atoms with Crippen molar-refractivity contribution in [2.24, 2.45) is 0 Å². The lowest BCUT2D eigenvalue weighted by Gasteiger charge is -2.16. The molecule has 2 N–H and O–H groups in total. The van der Waals surface area contributed by atoms with Gasteiger partial charge in [-0.15, -0.1) is 0 Å². The number of fused-ring (bicyclic) bond motifs is 2. The Labute approximate surface area is 229 Å². The predicted octanol–water partition coefficient (Wildman–Crippen LogP) is 5.35. The molecule has 0 bridgehead atoms. The number of carbonyl (C=O) groups is 1. The number of pyridine rings is 2. The number of methoxy groups -OCH3 is 3. The van der Waals surface area contributed by atoms with E-state index in [0.717, 1.165) is 63.6 Å². The summed E-state index contributed by atoms with van der Waals surface area (Å²) >= 11 is 0. The van der Waals surface area contributed by atoms with Crippen LogP contribution in [0.25, 0.3) is 21.7 Å². The van der Waals surface area contributed by atoms with Crippen molar-refractivity contribution in [1.29, 1.82) is 0 Å². The molecule has 0 aliphatic heterocycles. The predicted molar refractivity (Wildman–Crippen MR) is 157 cm³/mol. The molecule has 4 aromatic rings. The number of carbonyl (C=O) groups excluding carboxylic acids is 1. The van der Waals surface area contributed by atoms with Crippen LogP contribution in [-0.2, 0) is 24.1 Å². The highest BCUT2D eigenvalue weighted by atomic mass is 16.5. The van der Waals surface area contributed by atoms with Gasteiger partial charge in [-0.2, -0.15) is 0 Å². The molecule has 0 fully saturated rings. The molecule has 208 valence electrons. The van der Waals surface area contributed by atoms with Gasteiger partial charge < -0.3 is 24.5 Å². The highest BCUT2D eigenvalue weighted by molar-refractivity contribution is 5.91. The molecule has 0 saturated carbocycles. The van der Waals surface area contributed by atoms with Crippen LogP contribution < -0.4 is 25.1 Å². The maximum absolute atomic E-state index is 13.5. The van der Waals surface area contributed by atoms with Gasteiger partial charge in [0.05, 0.1) is 26.8 Å². The number of H-pyrrole nitrogens is 1. The molecule has 8 heteroatoms. The first kappa shape index (κ1) is 29.5. The number of hydrogen-bond donors (Lipinski definition) is 2. The van der Waals surface area contributed by atoms with Gasteiger partial charge in [0.25, 0.3) is 5.56 Å². The van der Waals surface area contributed by atoms with Crippen LogP contribution in [0.15, 0.2) is 41.2 Å². The first-order valence-electron chi connectivity index (χ1n) is 12.9. The third kappa shape index (κ3) is 6.50. The molecule has 0 atom stereocenters. The summed E-state index contributed by atoms with van der Waals surface area (Å²) in [6.07, 6.45) is 3.43. The van der Waals surface area contributed by atoms with Gasteiger partial charge in [-0.25, -0.2) is 0 Å². The second-order valence-corrected chi connectivity index (χ2v) is 9.33. The van der Waals surface area contributed by atoms with Crippen molar-refractivity contribution < 1.29 is 19.0 Å². The number of hydrogen-bond acceptors (Lipinski definition) is 6. The zero-order chi connectivity index (χ0) is 27.2. The summed E-state index contributed by atoms with van der Waals surface area (Å²) < 4.78 is 16.6. The van der Waals surface area contributed by atoms with Gasteiger partial charge in [0.1, 0.15) is 5.75 Å². The number of aryl methyl sites for hydroxylation is 2. The molecule has 1 amide bonds. The molecule has 0 aliphatic carbocycles. The van der Waals surface area contributed by atoms with Crippen LogP contribution >= 0.6 is 0 Å². The third-order valence-electron chi connectivity index (χ3n) is 6.73. The van der Waals surface area contributed by atoms with Crippen molar-refractivity contribution >= 4 is 27.6 Å². The molecule has 8 nitrogen and oxygen atoms in total. The van der Waals surface area contributed by atoms with Crippen LogP contribution in [0.4, 0.5) is 0 Å². The van der Waals surface area contributed by atoms with E-state index in [1.54, 1.807) is 21.3 Å². The second kappa shape index (κ2) is 13.1. The smallest absolute Gasteiger partial charge is 0.252 e. The Hall–Kier alpha value is -4.07. The van der Waals surface area contributed by atoms with Crippen molar-refractivity contribution in [3.63, 3.8) is 0 Å². The number of aromatic amines is 1. The highest BCUT2D eigenvalue weighted by Gasteiger charge is 2.18. The summed E-state index contributed by atoms with van der Waals surface area (Å²) in [7, 11) is 4.84. The molecule has 4 rings (SSSR count). The third-order valence-corrected chi connectivity index (χ3v) is 6.73. The lowest BCUT2D eigenvalue weighted by Crippen LogP contribution is -2.21. The van der Waals surface area contributed by atoms with Crippen molar-refractivity contribution in [3.05, 3.63) is 69.3 Å². The molecular weight excluding hydrogens is 494 g/mol. The summed E-state index contributed by atoms with van der Waals surface area (Å²) in [5, 5.41) is 5.57. The van der Waals surface area contributed by atoms with Gasteiger partial charge in [-0.05, 0) is 66.6 Å². The van der Waals surface area contributed by atoms with E-state index in [9.17, 15) is 9.59 Å². The van der Waals surface area contributed by atoms with Crippen molar-refractivity contribution in [3.8, 4) is 17.2 Å². The van der Waals surface area contributed by atoms with E-state index in [-0.39, 0.29) is 18.9 Å². The minimum atomic E-state index is -0.122. The Kier molecular flexibility index (Phi) is 9.93. The molecule has 2 heterocycles. The van der Waals surface area contributed by atoms with E-state index >= 15 is 0 Å². The van der Waals surface area contributed by atoms with E-state index in [0.29, 0.717) is 36.4 Å². The zero-order valence-corrected chi connectivity index (χ0v) is 22.7. The quantitative estimate of drug-likeness (QED) is 0.252. The minimum absolute atomic E-state index is 0. The van der Waals surface area contributed by atoms with Gasteiger partial charge in [0.2, 0.25) is 5.91 Å². The van der Waals surface area contributed by atoms with E-state index in [2.05, 4.69) is 23.3 Å². The number of benzene rings is 2. The normalized spacial score (nSPS) is 10.8. The number of nitrogens with one attached hydrogen (secondary N) is 2. The molecule has 2 aromatic heterocycles. The Morgan fingerprint density at radius 2 is 1.69 bits per heavy atom. The van der Waals surface area contributed by atoms with Gasteiger partial charge in [0.15, 0.2) is 11.5 Å². The van der Waals surface area contributed by atoms with Crippen LogP contribution in [0.5, 0.6) is 17.2 Å². The first-order chi connectivity index (χ1) is 18.4. The second-order valence-electron chi connectivity index (χ2n) is 9.33. The molecule has 0 saturated heterocycles. The monoisotopic (exact) mass is 533 g/mol.